The van der Waals surface area contributed by atoms with Crippen molar-refractivity contribution in [1.29, 1.82) is 0 Å². The molecule has 2 aliphatic heterocycles. The van der Waals surface area contributed by atoms with Gasteiger partial charge in [0.15, 0.2) is 5.16 Å². The lowest BCUT2D eigenvalue weighted by molar-refractivity contribution is -0.134. The number of piperidine rings is 1. The SMILES string of the molecule is CC(=O)O.Cn1c(SCCN2CCCC2=O)nnc1C1CCCNC1. The van der Waals surface area contributed by atoms with Crippen LogP contribution in [0.3, 0.4) is 0 Å². The van der Waals surface area contributed by atoms with E-state index in [1.165, 1.54) is 12.8 Å². The first-order chi connectivity index (χ1) is 12.0. The van der Waals surface area contributed by atoms with Crippen molar-refractivity contribution in [3.8, 4) is 0 Å². The highest BCUT2D eigenvalue weighted by molar-refractivity contribution is 7.99. The molecule has 25 heavy (non-hydrogen) atoms. The quantitative estimate of drug-likeness (QED) is 0.749. The molecule has 2 fully saturated rings. The van der Waals surface area contributed by atoms with Gasteiger partial charge < -0.3 is 19.9 Å². The van der Waals surface area contributed by atoms with Crippen molar-refractivity contribution in [1.82, 2.24) is 25.0 Å². The molecule has 1 unspecified atom stereocenters. The molecular formula is C16H27N5O3S. The highest BCUT2D eigenvalue weighted by Crippen LogP contribution is 2.25. The van der Waals surface area contributed by atoms with E-state index in [0.717, 1.165) is 56.3 Å². The second-order valence-electron chi connectivity index (χ2n) is 6.29. The van der Waals surface area contributed by atoms with Gasteiger partial charge in [0.1, 0.15) is 5.82 Å². The molecule has 3 rings (SSSR count). The Morgan fingerprint density at radius 3 is 2.76 bits per heavy atom. The minimum Gasteiger partial charge on any atom is -0.481 e. The number of carbonyl (C=O) groups is 2. The highest BCUT2D eigenvalue weighted by atomic mass is 32.2. The van der Waals surface area contributed by atoms with E-state index >= 15 is 0 Å². The van der Waals surface area contributed by atoms with Crippen molar-refractivity contribution in [2.45, 2.75) is 43.7 Å². The Morgan fingerprint density at radius 1 is 1.40 bits per heavy atom. The number of thioether (sulfide) groups is 1. The lowest BCUT2D eigenvalue weighted by Gasteiger charge is -2.21. The summed E-state index contributed by atoms with van der Waals surface area (Å²) in [7, 11) is 2.05. The fraction of sp³-hybridized carbons (Fsp3) is 0.750. The third-order valence-corrected chi connectivity index (χ3v) is 5.29. The normalized spacial score (nSPS) is 20.3. The smallest absolute Gasteiger partial charge is 0.300 e. The Hall–Kier alpha value is -1.61. The minimum absolute atomic E-state index is 0.294. The summed E-state index contributed by atoms with van der Waals surface area (Å²) >= 11 is 1.70. The topological polar surface area (TPSA) is 100 Å². The van der Waals surface area contributed by atoms with Gasteiger partial charge in [-0.3, -0.25) is 9.59 Å². The molecule has 8 nitrogen and oxygen atoms in total. The molecule has 9 heteroatoms. The van der Waals surface area contributed by atoms with E-state index in [1.54, 1.807) is 11.8 Å². The second-order valence-corrected chi connectivity index (χ2v) is 7.36. The van der Waals surface area contributed by atoms with Gasteiger partial charge >= 0.3 is 0 Å². The summed E-state index contributed by atoms with van der Waals surface area (Å²) in [6.07, 6.45) is 4.11. The molecule has 1 atom stereocenters. The van der Waals surface area contributed by atoms with Crippen LogP contribution in [0, 0.1) is 0 Å². The summed E-state index contributed by atoms with van der Waals surface area (Å²) in [5.41, 5.74) is 0. The lowest BCUT2D eigenvalue weighted by atomic mass is 9.99. The predicted molar refractivity (Wildman–Crippen MR) is 95.7 cm³/mol. The molecule has 2 aliphatic rings. The average Bonchev–Trinajstić information content (AvgIpc) is 3.14. The van der Waals surface area contributed by atoms with Gasteiger partial charge in [-0.2, -0.15) is 0 Å². The molecule has 0 aromatic carbocycles. The first kappa shape index (κ1) is 19.7. The molecular weight excluding hydrogens is 342 g/mol. The van der Waals surface area contributed by atoms with E-state index in [-0.39, 0.29) is 0 Å². The van der Waals surface area contributed by atoms with Crippen molar-refractivity contribution in [2.24, 2.45) is 7.05 Å². The van der Waals surface area contributed by atoms with Gasteiger partial charge in [-0.15, -0.1) is 10.2 Å². The number of nitrogens with zero attached hydrogens (tertiary/aromatic N) is 4. The molecule has 140 valence electrons. The van der Waals surface area contributed by atoms with Gasteiger partial charge in [-0.1, -0.05) is 11.8 Å². The molecule has 0 radical (unpaired) electrons. The number of carboxylic acids is 1. The largest absolute Gasteiger partial charge is 0.481 e. The fourth-order valence-electron chi connectivity index (χ4n) is 3.07. The summed E-state index contributed by atoms with van der Waals surface area (Å²) in [5.74, 6) is 1.91. The maximum absolute atomic E-state index is 11.6. The molecule has 2 N–H and O–H groups in total. The predicted octanol–water partition coefficient (Wildman–Crippen LogP) is 1.09. The van der Waals surface area contributed by atoms with Crippen LogP contribution in [0.2, 0.25) is 0 Å². The zero-order valence-electron chi connectivity index (χ0n) is 14.9. The number of rotatable bonds is 5. The Morgan fingerprint density at radius 2 is 2.16 bits per heavy atom. The molecule has 0 bridgehead atoms. The van der Waals surface area contributed by atoms with E-state index in [4.69, 9.17) is 9.90 Å². The van der Waals surface area contributed by atoms with Crippen molar-refractivity contribution in [3.63, 3.8) is 0 Å². The first-order valence-corrected chi connectivity index (χ1v) is 9.67. The molecule has 1 aromatic heterocycles. The van der Waals surface area contributed by atoms with Gasteiger partial charge in [-0.25, -0.2) is 0 Å². The van der Waals surface area contributed by atoms with Gasteiger partial charge in [-0.05, 0) is 25.8 Å². The van der Waals surface area contributed by atoms with E-state index in [0.29, 0.717) is 18.2 Å². The van der Waals surface area contributed by atoms with Gasteiger partial charge in [0.05, 0.1) is 0 Å². The monoisotopic (exact) mass is 369 g/mol. The van der Waals surface area contributed by atoms with Crippen LogP contribution in [0.4, 0.5) is 0 Å². The van der Waals surface area contributed by atoms with Crippen molar-refractivity contribution in [2.75, 3.05) is 31.9 Å². The van der Waals surface area contributed by atoms with E-state index in [9.17, 15) is 4.79 Å². The van der Waals surface area contributed by atoms with Crippen LogP contribution in [0.1, 0.15) is 44.3 Å². The molecule has 0 saturated carbocycles. The Labute approximate surface area is 152 Å². The number of aliphatic carboxylic acids is 1. The van der Waals surface area contributed by atoms with Crippen molar-refractivity contribution >= 4 is 23.6 Å². The number of amides is 1. The van der Waals surface area contributed by atoms with Crippen molar-refractivity contribution in [3.05, 3.63) is 5.82 Å². The minimum atomic E-state index is -0.833. The van der Waals surface area contributed by atoms with E-state index < -0.39 is 5.97 Å². The standard InChI is InChI=1S/C14H23N5OS.C2H4O2/c1-18-13(11-4-2-6-15-10-11)16-17-14(18)21-9-8-19-7-3-5-12(19)20;1-2(3)4/h11,15H,2-10H2,1H3;1H3,(H,3,4). The zero-order chi connectivity index (χ0) is 18.2. The number of likely N-dealkylation sites (tertiary alicyclic amines) is 1. The molecule has 0 aliphatic carbocycles. The summed E-state index contributed by atoms with van der Waals surface area (Å²) in [6.45, 7) is 4.92. The van der Waals surface area contributed by atoms with Crippen LogP contribution in [0.25, 0.3) is 0 Å². The van der Waals surface area contributed by atoms with Crippen LogP contribution in [-0.2, 0) is 16.6 Å². The fourth-order valence-corrected chi connectivity index (χ4v) is 3.95. The van der Waals surface area contributed by atoms with Crippen molar-refractivity contribution < 1.29 is 14.7 Å². The summed E-state index contributed by atoms with van der Waals surface area (Å²) in [6, 6.07) is 0. The Balaban J connectivity index is 0.000000511. The summed E-state index contributed by atoms with van der Waals surface area (Å²) < 4.78 is 2.12. The Bertz CT molecular complexity index is 582. The van der Waals surface area contributed by atoms with Crippen LogP contribution in [0.15, 0.2) is 5.16 Å². The maximum atomic E-state index is 11.6. The number of aromatic nitrogens is 3. The first-order valence-electron chi connectivity index (χ1n) is 8.69. The molecule has 2 saturated heterocycles. The number of nitrogens with one attached hydrogen (secondary N) is 1. The average molecular weight is 369 g/mol. The number of carboxylic acid groups (broad SMARTS) is 1. The number of hydrogen-bond acceptors (Lipinski definition) is 6. The summed E-state index contributed by atoms with van der Waals surface area (Å²) in [4.78, 5) is 22.5. The van der Waals surface area contributed by atoms with Crippen LogP contribution in [0.5, 0.6) is 0 Å². The molecule has 1 aromatic rings. The summed E-state index contributed by atoms with van der Waals surface area (Å²) in [5, 5.41) is 20.5. The zero-order valence-corrected chi connectivity index (χ0v) is 15.7. The van der Waals surface area contributed by atoms with E-state index in [2.05, 4.69) is 20.1 Å². The second kappa shape index (κ2) is 9.76. The molecule has 1 amide bonds. The van der Waals surface area contributed by atoms with Crippen LogP contribution >= 0.6 is 11.8 Å². The molecule has 0 spiro atoms. The van der Waals surface area contributed by atoms with Crippen LogP contribution in [-0.4, -0.2) is 68.6 Å². The van der Waals surface area contributed by atoms with Gasteiger partial charge in [0.2, 0.25) is 5.91 Å². The third kappa shape index (κ3) is 6.00. The number of carbonyl (C=O) groups excluding carboxylic acids is 1. The van der Waals surface area contributed by atoms with E-state index in [1.807, 2.05) is 11.9 Å². The maximum Gasteiger partial charge on any atom is 0.300 e. The van der Waals surface area contributed by atoms with Gasteiger partial charge in [0.25, 0.3) is 5.97 Å². The lowest BCUT2D eigenvalue weighted by Crippen LogP contribution is -2.29. The molecule has 3 heterocycles. The third-order valence-electron chi connectivity index (χ3n) is 4.29. The highest BCUT2D eigenvalue weighted by Gasteiger charge is 2.22. The van der Waals surface area contributed by atoms with Gasteiger partial charge in [0, 0.05) is 51.7 Å². The number of hydrogen-bond donors (Lipinski definition) is 2. The van der Waals surface area contributed by atoms with Crippen LogP contribution < -0.4 is 5.32 Å². The Kier molecular flexibility index (Phi) is 7.70.